The Bertz CT molecular complexity index is 3610. The van der Waals surface area contributed by atoms with Crippen molar-refractivity contribution >= 4 is 129 Å². The molecule has 0 saturated heterocycles. The van der Waals surface area contributed by atoms with Crippen LogP contribution in [0, 0.1) is 18.8 Å². The van der Waals surface area contributed by atoms with Gasteiger partial charge in [0.1, 0.15) is 0 Å². The second kappa shape index (κ2) is 27.5. The molecule has 0 spiro atoms. The zero-order chi connectivity index (χ0) is 55.0. The highest BCUT2D eigenvalue weighted by Gasteiger charge is 2.60. The third kappa shape index (κ3) is 14.0. The second-order valence-corrected chi connectivity index (χ2v) is 25.5. The Kier molecular flexibility index (Phi) is 23.3. The van der Waals surface area contributed by atoms with Gasteiger partial charge >= 0.3 is 27.2 Å². The van der Waals surface area contributed by atoms with E-state index in [-0.39, 0.29) is 95.1 Å². The zero-order valence-corrected chi connectivity index (χ0v) is 51.8. The fourth-order valence-corrected chi connectivity index (χ4v) is 11.5. The smallest absolute Gasteiger partial charge is 0.335 e. The number of sulfone groups is 3. The fraction of sp³-hybridized carbons (Fsp3) is 0.568. The van der Waals surface area contributed by atoms with Gasteiger partial charge in [-0.05, 0) is 36.9 Å². The van der Waals surface area contributed by atoms with Crippen LogP contribution >= 0.6 is 87.5 Å². The van der Waals surface area contributed by atoms with Crippen molar-refractivity contribution in [2.75, 3.05) is 43.8 Å². The Morgan fingerprint density at radius 3 is 0.738 bits per heavy atom. The van der Waals surface area contributed by atoms with E-state index in [2.05, 4.69) is 88.5 Å². The summed E-state index contributed by atoms with van der Waals surface area (Å²) in [6.07, 6.45) is 10.1. The molecule has 10 rings (SSSR count). The highest BCUT2D eigenvalue weighted by atomic mass is 32.2. The van der Waals surface area contributed by atoms with E-state index in [1.165, 1.54) is 47.0 Å². The molecule has 2 aliphatic rings. The minimum Gasteiger partial charge on any atom is -0.425 e. The summed E-state index contributed by atoms with van der Waals surface area (Å²) in [5.74, 6) is -4.52. The molecule has 0 bridgehead atoms. The first-order valence-electron chi connectivity index (χ1n) is 21.4. The van der Waals surface area contributed by atoms with E-state index in [4.69, 9.17) is 43.8 Å². The van der Waals surface area contributed by atoms with Crippen molar-refractivity contribution in [1.82, 2.24) is 81.6 Å². The number of hydrogen-bond donors (Lipinski definition) is 0. The molecule has 8 aromatic heterocycles. The number of hydrogen-bond acceptors (Lipinski definition) is 36. The summed E-state index contributed by atoms with van der Waals surface area (Å²) in [5, 5.41) is 64.5. The van der Waals surface area contributed by atoms with Crippen LogP contribution in [0.25, 0.3) is 0 Å². The zero-order valence-electron chi connectivity index (χ0n) is 42.2. The van der Waals surface area contributed by atoms with Crippen molar-refractivity contribution in [3.8, 4) is 0 Å². The maximum atomic E-state index is 12.1. The lowest BCUT2D eigenvalue weighted by Crippen LogP contribution is -2.15. The van der Waals surface area contributed by atoms with E-state index in [0.29, 0.717) is 44.5 Å². The van der Waals surface area contributed by atoms with Gasteiger partial charge < -0.3 is 35.3 Å². The Hall–Kier alpha value is -4.76. The third-order valence-electron chi connectivity index (χ3n) is 12.0. The minimum absolute atomic E-state index is 0. The van der Waals surface area contributed by atoms with Crippen LogP contribution < -0.4 is 0 Å². The SMILES string of the molecule is C.CSc1nnc(C2C(C)C(c3nnc(SC)o3)C(c3nnc(SC)o3)C2c2nnc(SC)o2)o1.Cc1nnc(C2C(C)C(c3nnc(S(C)(=O)=O)o3)C(c3nnc(S(C)(=O)=O)o3)C2c2nnc(S(C)(=O)=O)o2)o1.O=S=O.S.S.S. The van der Waals surface area contributed by atoms with Crippen molar-refractivity contribution in [3.05, 3.63) is 53.0 Å². The maximum Gasteiger partial charge on any atom is 0.335 e. The molecule has 2 saturated carbocycles. The van der Waals surface area contributed by atoms with Gasteiger partial charge in [0.05, 0.1) is 47.3 Å². The van der Waals surface area contributed by atoms with Gasteiger partial charge in [-0.2, -0.15) is 48.9 Å². The van der Waals surface area contributed by atoms with Gasteiger partial charge in [-0.25, -0.2) is 25.3 Å². The summed E-state index contributed by atoms with van der Waals surface area (Å²) in [7, 11) is -11.7. The predicted octanol–water partition coefficient (Wildman–Crippen LogP) is 4.32. The lowest BCUT2D eigenvalue weighted by atomic mass is 9.86. The van der Waals surface area contributed by atoms with E-state index >= 15 is 0 Å². The van der Waals surface area contributed by atoms with Crippen LogP contribution in [-0.2, 0) is 41.1 Å². The van der Waals surface area contributed by atoms with Gasteiger partial charge in [0.2, 0.25) is 82.5 Å². The molecular weight excluding hydrogens is 1280 g/mol. The summed E-state index contributed by atoms with van der Waals surface area (Å²) in [4.78, 5) is 0. The van der Waals surface area contributed by atoms with Gasteiger partial charge in [0.25, 0.3) is 20.9 Å². The largest absolute Gasteiger partial charge is 0.425 e. The lowest BCUT2D eigenvalue weighted by Gasteiger charge is -2.18. The average Bonchev–Trinajstić information content (AvgIpc) is 4.25. The molecule has 2 fully saturated rings. The number of aryl methyl sites for hydroxylation is 1. The molecule has 8 aromatic rings. The van der Waals surface area contributed by atoms with Crippen LogP contribution in [0.1, 0.15) is 122 Å². The average molecular weight is 1330 g/mol. The first kappa shape index (κ1) is 67.7. The summed E-state index contributed by atoms with van der Waals surface area (Å²) in [6, 6.07) is 0. The monoisotopic (exact) mass is 1330 g/mol. The second-order valence-electron chi connectivity index (χ2n) is 16.6. The number of thioether (sulfide) groups is 4. The molecule has 80 heavy (non-hydrogen) atoms. The predicted molar refractivity (Wildman–Crippen MR) is 293 cm³/mol. The van der Waals surface area contributed by atoms with Crippen LogP contribution in [0.2, 0.25) is 0 Å². The highest BCUT2D eigenvalue weighted by molar-refractivity contribution is 7.99. The molecule has 440 valence electrons. The standard InChI is InChI=1S/C18H20N8O10S3.C18H20N8O4S4.CH4.O2S.3H2S/c1-6-8(12-20-19-7(2)33-12)10(14-22-25-17(35-14)38(4,29)30)11(15-23-26-18(36-15)39(5,31)32)9(6)13-21-24-16(34-13)37(3,27)28;1-6-7(11-19-23-15(27-11)31-2)9(13-21-25-17(29-13)33-4)10(14-22-26-18(30-14)34-5)8(6)12-20-24-16(28-12)32-3;;1-3-2;;;/h6,8-11H,1-5H3;6-10H,1-5H3;1H4;;3*1H2. The van der Waals surface area contributed by atoms with Crippen molar-refractivity contribution in [3.63, 3.8) is 0 Å². The van der Waals surface area contributed by atoms with Gasteiger partial charge in [-0.1, -0.05) is 83.6 Å². The van der Waals surface area contributed by atoms with E-state index in [0.717, 1.165) is 18.8 Å². The van der Waals surface area contributed by atoms with Gasteiger partial charge in [-0.15, -0.1) is 66.3 Å². The van der Waals surface area contributed by atoms with Gasteiger partial charge in [-0.3, -0.25) is 0 Å². The van der Waals surface area contributed by atoms with Crippen LogP contribution in [0.4, 0.5) is 0 Å². The lowest BCUT2D eigenvalue weighted by molar-refractivity contribution is 0.289. The number of aromatic nitrogens is 16. The maximum absolute atomic E-state index is 12.1. The molecule has 8 heterocycles. The van der Waals surface area contributed by atoms with Crippen molar-refractivity contribution in [2.24, 2.45) is 11.8 Å². The molecule has 9 unspecified atom stereocenters. The normalized spacial score (nSPS) is 22.6. The topological polar surface area (TPSA) is 448 Å². The van der Waals surface area contributed by atoms with Crippen molar-refractivity contribution in [1.29, 1.82) is 0 Å². The Morgan fingerprint density at radius 1 is 0.338 bits per heavy atom. The quantitative estimate of drug-likeness (QED) is 0.129. The Labute approximate surface area is 496 Å². The fourth-order valence-electron chi connectivity index (χ4n) is 9.10. The van der Waals surface area contributed by atoms with Gasteiger partial charge in [0.15, 0.2) is 0 Å². The third-order valence-corrected chi connectivity index (χ3v) is 16.5. The summed E-state index contributed by atoms with van der Waals surface area (Å²) in [5.41, 5.74) is 0. The Morgan fingerprint density at radius 2 is 0.537 bits per heavy atom. The molecule has 0 aromatic carbocycles. The summed E-state index contributed by atoms with van der Waals surface area (Å²) < 4.78 is 135. The molecule has 43 heteroatoms. The molecule has 0 N–H and O–H groups in total. The van der Waals surface area contributed by atoms with E-state index in [1.807, 2.05) is 25.0 Å². The molecule has 0 aliphatic heterocycles. The first-order chi connectivity index (χ1) is 36.0. The Balaban J connectivity index is 0.000000316. The summed E-state index contributed by atoms with van der Waals surface area (Å²) >= 11 is 4.75. The molecule has 0 radical (unpaired) electrons. The molecule has 32 nitrogen and oxygen atoms in total. The summed E-state index contributed by atoms with van der Waals surface area (Å²) in [6.45, 7) is 5.35. The van der Waals surface area contributed by atoms with Crippen LogP contribution in [-0.4, -0.2) is 159 Å². The van der Waals surface area contributed by atoms with Crippen LogP contribution in [0.5, 0.6) is 0 Å². The number of nitrogens with zero attached hydrogens (tertiary/aromatic N) is 16. The molecule has 0 amide bonds. The van der Waals surface area contributed by atoms with E-state index in [1.54, 1.807) is 13.8 Å². The van der Waals surface area contributed by atoms with E-state index < -0.39 is 98.2 Å². The van der Waals surface area contributed by atoms with Crippen LogP contribution in [0.3, 0.4) is 0 Å². The minimum atomic E-state index is -3.92. The van der Waals surface area contributed by atoms with Gasteiger partial charge in [0, 0.05) is 25.7 Å². The van der Waals surface area contributed by atoms with E-state index in [9.17, 15) is 25.3 Å². The molecular formula is C37H50N16O16S11. The van der Waals surface area contributed by atoms with Crippen LogP contribution in [0.15, 0.2) is 71.9 Å². The first-order valence-corrected chi connectivity index (χ1v) is 32.6. The molecule has 2 aliphatic carbocycles. The number of rotatable bonds is 15. The van der Waals surface area contributed by atoms with Crippen molar-refractivity contribution in [2.45, 2.75) is 112 Å². The highest BCUT2D eigenvalue weighted by Crippen LogP contribution is 2.64. The van der Waals surface area contributed by atoms with Crippen molar-refractivity contribution < 1.29 is 69.0 Å². The molecule has 9 atom stereocenters.